The first-order valence-electron chi connectivity index (χ1n) is 7.79. The molecule has 1 aliphatic carbocycles. The first-order valence-corrected chi connectivity index (χ1v) is 8.66. The molecule has 0 bridgehead atoms. The third kappa shape index (κ3) is 2.86. The summed E-state index contributed by atoms with van der Waals surface area (Å²) in [5.41, 5.74) is 4.35. The third-order valence-corrected chi connectivity index (χ3v) is 4.97. The second-order valence-corrected chi connectivity index (χ2v) is 6.75. The highest BCUT2D eigenvalue weighted by molar-refractivity contribution is 7.07. The van der Waals surface area contributed by atoms with Crippen LogP contribution in [0.25, 0.3) is 11.3 Å². The van der Waals surface area contributed by atoms with E-state index in [4.69, 9.17) is 4.99 Å². The van der Waals surface area contributed by atoms with Crippen LogP contribution in [0.3, 0.4) is 0 Å². The second kappa shape index (κ2) is 5.78. The van der Waals surface area contributed by atoms with Crippen LogP contribution in [0.4, 0.5) is 10.1 Å². The molecule has 0 amide bonds. The Kier molecular flexibility index (Phi) is 3.62. The van der Waals surface area contributed by atoms with Gasteiger partial charge in [-0.25, -0.2) is 9.38 Å². The largest absolute Gasteiger partial charge is 0.313 e. The molecule has 1 aromatic heterocycles. The Labute approximate surface area is 138 Å². The summed E-state index contributed by atoms with van der Waals surface area (Å²) < 4.78 is 15.5. The van der Waals surface area contributed by atoms with Gasteiger partial charge in [-0.15, -0.1) is 11.3 Å². The highest BCUT2D eigenvalue weighted by atomic mass is 32.1. The molecule has 0 atom stereocenters. The number of para-hydroxylation sites is 1. The molecular weight excluding hydrogens is 307 g/mol. The zero-order valence-corrected chi connectivity index (χ0v) is 13.7. The number of benzene rings is 2. The Balaban J connectivity index is 1.86. The zero-order valence-electron chi connectivity index (χ0n) is 12.9. The van der Waals surface area contributed by atoms with Crippen molar-refractivity contribution in [2.75, 3.05) is 0 Å². The maximum absolute atomic E-state index is 13.2. The van der Waals surface area contributed by atoms with E-state index in [1.54, 1.807) is 11.3 Å². The average molecular weight is 324 g/mol. The van der Waals surface area contributed by atoms with Crippen molar-refractivity contribution in [2.45, 2.75) is 25.8 Å². The van der Waals surface area contributed by atoms with E-state index < -0.39 is 0 Å². The van der Waals surface area contributed by atoms with E-state index in [1.807, 2.05) is 30.3 Å². The molecule has 0 unspecified atom stereocenters. The lowest BCUT2D eigenvalue weighted by Crippen LogP contribution is -2.14. The van der Waals surface area contributed by atoms with Crippen molar-refractivity contribution in [1.82, 2.24) is 4.57 Å². The minimum atomic E-state index is -0.202. The normalized spacial score (nSPS) is 15.1. The first kappa shape index (κ1) is 14.4. The number of halogens is 1. The Hall–Kier alpha value is -2.20. The van der Waals surface area contributed by atoms with E-state index in [0.29, 0.717) is 6.04 Å². The third-order valence-electron chi connectivity index (χ3n) is 4.13. The predicted molar refractivity (Wildman–Crippen MR) is 92.4 cm³/mol. The Morgan fingerprint density at radius 3 is 2.52 bits per heavy atom. The highest BCUT2D eigenvalue weighted by Gasteiger charge is 2.27. The molecule has 23 heavy (non-hydrogen) atoms. The molecule has 0 spiro atoms. The minimum Gasteiger partial charge on any atom is -0.313 e. The standard InChI is InChI=1S/C19H17FN2S/c1-13-4-2-3-5-17(13)21-19-22(16-10-11-16)18(12-23-19)14-6-8-15(20)9-7-14/h2-9,12,16H,10-11H2,1H3. The van der Waals surface area contributed by atoms with Gasteiger partial charge in [0, 0.05) is 11.4 Å². The molecule has 0 saturated heterocycles. The molecule has 1 saturated carbocycles. The number of rotatable bonds is 3. The monoisotopic (exact) mass is 324 g/mol. The van der Waals surface area contributed by atoms with Crippen molar-refractivity contribution >= 4 is 17.0 Å². The number of hydrogen-bond acceptors (Lipinski definition) is 2. The van der Waals surface area contributed by atoms with Crippen LogP contribution >= 0.6 is 11.3 Å². The van der Waals surface area contributed by atoms with Crippen LogP contribution in [0.5, 0.6) is 0 Å². The van der Waals surface area contributed by atoms with Crippen LogP contribution in [0.2, 0.25) is 0 Å². The van der Waals surface area contributed by atoms with Crippen LogP contribution in [-0.4, -0.2) is 4.57 Å². The molecule has 1 fully saturated rings. The number of aromatic nitrogens is 1. The lowest BCUT2D eigenvalue weighted by molar-refractivity contribution is 0.628. The SMILES string of the molecule is Cc1ccccc1N=c1scc(-c2ccc(F)cc2)n1C1CC1. The van der Waals surface area contributed by atoms with Gasteiger partial charge in [0.1, 0.15) is 5.82 Å². The molecule has 1 heterocycles. The van der Waals surface area contributed by atoms with Gasteiger partial charge >= 0.3 is 0 Å². The first-order chi connectivity index (χ1) is 11.2. The van der Waals surface area contributed by atoms with E-state index in [1.165, 1.54) is 30.5 Å². The van der Waals surface area contributed by atoms with E-state index in [2.05, 4.69) is 22.9 Å². The number of hydrogen-bond donors (Lipinski definition) is 0. The Morgan fingerprint density at radius 1 is 1.09 bits per heavy atom. The summed E-state index contributed by atoms with van der Waals surface area (Å²) in [5.74, 6) is -0.202. The summed E-state index contributed by atoms with van der Waals surface area (Å²) in [6, 6.07) is 15.4. The van der Waals surface area contributed by atoms with E-state index in [9.17, 15) is 4.39 Å². The second-order valence-electron chi connectivity index (χ2n) is 5.91. The number of thiazole rings is 1. The van der Waals surface area contributed by atoms with E-state index >= 15 is 0 Å². The Bertz CT molecular complexity index is 902. The van der Waals surface area contributed by atoms with Crippen molar-refractivity contribution in [1.29, 1.82) is 0 Å². The van der Waals surface area contributed by atoms with Crippen LogP contribution in [0, 0.1) is 12.7 Å². The van der Waals surface area contributed by atoms with Crippen LogP contribution in [0.15, 0.2) is 58.9 Å². The molecular formula is C19H17FN2S. The summed E-state index contributed by atoms with van der Waals surface area (Å²) in [5, 5.41) is 2.13. The summed E-state index contributed by atoms with van der Waals surface area (Å²) in [4.78, 5) is 5.89. The molecule has 0 aliphatic heterocycles. The van der Waals surface area contributed by atoms with Crippen molar-refractivity contribution in [2.24, 2.45) is 4.99 Å². The average Bonchev–Trinajstić information content (AvgIpc) is 3.31. The minimum absolute atomic E-state index is 0.202. The fourth-order valence-corrected chi connectivity index (χ4v) is 3.69. The van der Waals surface area contributed by atoms with E-state index in [0.717, 1.165) is 21.7 Å². The van der Waals surface area contributed by atoms with Gasteiger partial charge in [-0.05, 0) is 61.2 Å². The van der Waals surface area contributed by atoms with Crippen LogP contribution < -0.4 is 4.80 Å². The molecule has 116 valence electrons. The van der Waals surface area contributed by atoms with Crippen molar-refractivity contribution in [3.63, 3.8) is 0 Å². The Morgan fingerprint density at radius 2 is 1.83 bits per heavy atom. The molecule has 4 heteroatoms. The zero-order chi connectivity index (χ0) is 15.8. The quantitative estimate of drug-likeness (QED) is 0.627. The van der Waals surface area contributed by atoms with Crippen molar-refractivity contribution in [3.8, 4) is 11.3 Å². The fourth-order valence-electron chi connectivity index (χ4n) is 2.71. The molecule has 0 N–H and O–H groups in total. The number of aryl methyl sites for hydroxylation is 1. The summed E-state index contributed by atoms with van der Waals surface area (Å²) >= 11 is 1.65. The maximum atomic E-state index is 13.2. The number of nitrogens with zero attached hydrogens (tertiary/aromatic N) is 2. The predicted octanol–water partition coefficient (Wildman–Crippen LogP) is 5.23. The van der Waals surface area contributed by atoms with Gasteiger partial charge in [-0.3, -0.25) is 0 Å². The van der Waals surface area contributed by atoms with Crippen molar-refractivity contribution < 1.29 is 4.39 Å². The molecule has 0 radical (unpaired) electrons. The van der Waals surface area contributed by atoms with Gasteiger partial charge in [0.25, 0.3) is 0 Å². The van der Waals surface area contributed by atoms with Gasteiger partial charge in [0.05, 0.1) is 11.4 Å². The highest BCUT2D eigenvalue weighted by Crippen LogP contribution is 2.38. The topological polar surface area (TPSA) is 17.3 Å². The molecule has 1 aliphatic rings. The fraction of sp³-hybridized carbons (Fsp3) is 0.211. The van der Waals surface area contributed by atoms with Gasteiger partial charge in [0.15, 0.2) is 4.80 Å². The smallest absolute Gasteiger partial charge is 0.190 e. The van der Waals surface area contributed by atoms with Gasteiger partial charge in [-0.1, -0.05) is 18.2 Å². The van der Waals surface area contributed by atoms with Gasteiger partial charge < -0.3 is 4.57 Å². The van der Waals surface area contributed by atoms with Crippen LogP contribution in [-0.2, 0) is 0 Å². The molecule has 2 aromatic carbocycles. The van der Waals surface area contributed by atoms with Crippen LogP contribution in [0.1, 0.15) is 24.4 Å². The lowest BCUT2D eigenvalue weighted by Gasteiger charge is -2.08. The molecule has 3 aromatic rings. The summed E-state index contributed by atoms with van der Waals surface area (Å²) in [6.07, 6.45) is 2.37. The van der Waals surface area contributed by atoms with E-state index in [-0.39, 0.29) is 5.82 Å². The summed E-state index contributed by atoms with van der Waals surface area (Å²) in [7, 11) is 0. The summed E-state index contributed by atoms with van der Waals surface area (Å²) in [6.45, 7) is 2.08. The maximum Gasteiger partial charge on any atom is 0.190 e. The lowest BCUT2D eigenvalue weighted by atomic mass is 10.1. The van der Waals surface area contributed by atoms with Gasteiger partial charge in [-0.2, -0.15) is 0 Å². The molecule has 4 rings (SSSR count). The van der Waals surface area contributed by atoms with Gasteiger partial charge in [0.2, 0.25) is 0 Å². The van der Waals surface area contributed by atoms with Crippen molar-refractivity contribution in [3.05, 3.63) is 70.1 Å². The molecule has 2 nitrogen and oxygen atoms in total.